The number of carbonyl (C=O) groups is 1. The van der Waals surface area contributed by atoms with Gasteiger partial charge in [-0.1, -0.05) is 36.4 Å². The van der Waals surface area contributed by atoms with Gasteiger partial charge in [-0.2, -0.15) is 13.2 Å². The van der Waals surface area contributed by atoms with E-state index in [4.69, 9.17) is 5.73 Å². The molecular weight excluding hydrogens is 462 g/mol. The number of likely N-dealkylation sites (tertiary alicyclic amines) is 1. The maximum Gasteiger partial charge on any atom is 0.417 e. The summed E-state index contributed by atoms with van der Waals surface area (Å²) in [7, 11) is 2.08. The van der Waals surface area contributed by atoms with Crippen molar-refractivity contribution in [2.45, 2.75) is 43.4 Å². The van der Waals surface area contributed by atoms with Gasteiger partial charge in [0.15, 0.2) is 0 Å². The fraction of sp³-hybridized carbons (Fsp3) is 0.435. The lowest BCUT2D eigenvalue weighted by Gasteiger charge is -2.30. The Labute approximate surface area is 198 Å². The van der Waals surface area contributed by atoms with Gasteiger partial charge in [0.2, 0.25) is 5.91 Å². The Morgan fingerprint density at radius 3 is 2.25 bits per heavy atom. The molecule has 4 nitrogen and oxygen atoms in total. The number of piperidine rings is 1. The summed E-state index contributed by atoms with van der Waals surface area (Å²) in [5.41, 5.74) is 5.09. The highest BCUT2D eigenvalue weighted by Gasteiger charge is 2.47. The minimum absolute atomic E-state index is 0. The van der Waals surface area contributed by atoms with Gasteiger partial charge in [-0.25, -0.2) is 0 Å². The van der Waals surface area contributed by atoms with Crippen LogP contribution in [-0.4, -0.2) is 43.0 Å². The molecular formula is C23H28Cl2F3N3O. The molecule has 2 aromatic carbocycles. The van der Waals surface area contributed by atoms with Gasteiger partial charge < -0.3 is 16.0 Å². The largest absolute Gasteiger partial charge is 0.417 e. The number of hydrogen-bond donors (Lipinski definition) is 2. The molecule has 2 aliphatic rings. The SMILES string of the molecule is CN1CCC(NC2CC2c2ccc(C(N)=O)c(-c3ccccc3)c2C(F)(F)F)CC1.Cl.Cl. The Kier molecular flexibility index (Phi) is 8.62. The van der Waals surface area contributed by atoms with Gasteiger partial charge in [-0.15, -0.1) is 24.8 Å². The van der Waals surface area contributed by atoms with Crippen molar-refractivity contribution in [1.29, 1.82) is 0 Å². The molecule has 0 bridgehead atoms. The standard InChI is InChI=1S/C23H26F3N3O.2ClH/c1-29-11-9-15(10-12-29)28-19-13-18(19)16-7-8-17(22(27)30)20(21(16)23(24,25)26)14-5-3-2-4-6-14;;/h2-8,15,18-19,28H,9-13H2,1H3,(H2,27,30);2*1H. The predicted molar refractivity (Wildman–Crippen MR) is 125 cm³/mol. The lowest BCUT2D eigenvalue weighted by molar-refractivity contribution is -0.137. The van der Waals surface area contributed by atoms with Crippen LogP contribution in [0.25, 0.3) is 11.1 Å². The number of carbonyl (C=O) groups excluding carboxylic acids is 1. The van der Waals surface area contributed by atoms with Crippen molar-refractivity contribution in [3.05, 3.63) is 59.2 Å². The molecule has 2 aromatic rings. The number of amides is 1. The number of halogens is 5. The zero-order chi connectivity index (χ0) is 21.5. The maximum absolute atomic E-state index is 14.3. The van der Waals surface area contributed by atoms with E-state index in [2.05, 4.69) is 17.3 Å². The molecule has 1 aliphatic carbocycles. The fourth-order valence-corrected chi connectivity index (χ4v) is 4.54. The maximum atomic E-state index is 14.3. The number of nitrogens with two attached hydrogens (primary N) is 1. The Morgan fingerprint density at radius 2 is 1.69 bits per heavy atom. The molecule has 4 rings (SSSR count). The lowest BCUT2D eigenvalue weighted by Crippen LogP contribution is -2.42. The smallest absolute Gasteiger partial charge is 0.366 e. The number of benzene rings is 2. The van der Waals surface area contributed by atoms with Crippen LogP contribution in [0.4, 0.5) is 13.2 Å². The van der Waals surface area contributed by atoms with E-state index in [0.717, 1.165) is 25.9 Å². The van der Waals surface area contributed by atoms with E-state index in [-0.39, 0.29) is 53.5 Å². The van der Waals surface area contributed by atoms with Crippen molar-refractivity contribution < 1.29 is 18.0 Å². The quantitative estimate of drug-likeness (QED) is 0.630. The molecule has 3 N–H and O–H groups in total. The topological polar surface area (TPSA) is 58.4 Å². The lowest BCUT2D eigenvalue weighted by atomic mass is 9.88. The number of nitrogens with zero attached hydrogens (tertiary/aromatic N) is 1. The molecule has 1 saturated carbocycles. The van der Waals surface area contributed by atoms with Crippen LogP contribution in [0.1, 0.15) is 46.7 Å². The second-order valence-electron chi connectivity index (χ2n) is 8.37. The van der Waals surface area contributed by atoms with Gasteiger partial charge in [-0.05, 0) is 56.6 Å². The summed E-state index contributed by atoms with van der Waals surface area (Å²) in [5, 5.41) is 3.55. The van der Waals surface area contributed by atoms with Crippen LogP contribution in [0.2, 0.25) is 0 Å². The van der Waals surface area contributed by atoms with E-state index < -0.39 is 17.6 Å². The summed E-state index contributed by atoms with van der Waals surface area (Å²) < 4.78 is 42.8. The molecule has 0 aromatic heterocycles. The Balaban J connectivity index is 0.00000181. The van der Waals surface area contributed by atoms with Crippen molar-refractivity contribution in [3.63, 3.8) is 0 Å². The van der Waals surface area contributed by atoms with Crippen LogP contribution in [0.15, 0.2) is 42.5 Å². The first-order chi connectivity index (χ1) is 14.3. The number of nitrogens with one attached hydrogen (secondary N) is 1. The third-order valence-electron chi connectivity index (χ3n) is 6.21. The van der Waals surface area contributed by atoms with Crippen molar-refractivity contribution in [2.75, 3.05) is 20.1 Å². The van der Waals surface area contributed by atoms with Crippen molar-refractivity contribution in [2.24, 2.45) is 5.73 Å². The predicted octanol–water partition coefficient (Wildman–Crippen LogP) is 4.85. The van der Waals surface area contributed by atoms with Gasteiger partial charge in [-0.3, -0.25) is 4.79 Å². The van der Waals surface area contributed by atoms with Crippen LogP contribution in [0.3, 0.4) is 0 Å². The minimum atomic E-state index is -4.59. The Hall–Kier alpha value is -1.80. The molecule has 0 radical (unpaired) electrons. The molecule has 1 amide bonds. The van der Waals surface area contributed by atoms with Gasteiger partial charge in [0.25, 0.3) is 0 Å². The monoisotopic (exact) mass is 489 g/mol. The van der Waals surface area contributed by atoms with Crippen LogP contribution in [0, 0.1) is 0 Å². The van der Waals surface area contributed by atoms with Gasteiger partial charge in [0, 0.05) is 29.1 Å². The van der Waals surface area contributed by atoms with Crippen LogP contribution >= 0.6 is 24.8 Å². The molecule has 176 valence electrons. The molecule has 9 heteroatoms. The number of alkyl halides is 3. The molecule has 32 heavy (non-hydrogen) atoms. The molecule has 1 heterocycles. The highest BCUT2D eigenvalue weighted by molar-refractivity contribution is 6.01. The summed E-state index contributed by atoms with van der Waals surface area (Å²) in [6.07, 6.45) is -1.92. The third kappa shape index (κ3) is 5.57. The number of rotatable bonds is 5. The fourth-order valence-electron chi connectivity index (χ4n) is 4.54. The Morgan fingerprint density at radius 1 is 1.06 bits per heavy atom. The summed E-state index contributed by atoms with van der Waals surface area (Å²) in [6.45, 7) is 1.99. The van der Waals surface area contributed by atoms with Gasteiger partial charge in [0.05, 0.1) is 5.56 Å². The van der Waals surface area contributed by atoms with Crippen molar-refractivity contribution >= 4 is 30.7 Å². The summed E-state index contributed by atoms with van der Waals surface area (Å²) >= 11 is 0. The normalized spacial score (nSPS) is 21.4. The molecule has 1 saturated heterocycles. The van der Waals surface area contributed by atoms with E-state index in [1.54, 1.807) is 30.3 Å². The third-order valence-corrected chi connectivity index (χ3v) is 6.21. The van der Waals surface area contributed by atoms with Crippen LogP contribution in [0.5, 0.6) is 0 Å². The van der Waals surface area contributed by atoms with Gasteiger partial charge in [0.1, 0.15) is 0 Å². The molecule has 2 fully saturated rings. The zero-order valence-electron chi connectivity index (χ0n) is 17.7. The summed E-state index contributed by atoms with van der Waals surface area (Å²) in [4.78, 5) is 14.2. The summed E-state index contributed by atoms with van der Waals surface area (Å²) in [5.74, 6) is -1.08. The average molecular weight is 490 g/mol. The highest BCUT2D eigenvalue weighted by Crippen LogP contribution is 2.50. The number of hydrogen-bond acceptors (Lipinski definition) is 3. The van der Waals surface area contributed by atoms with E-state index in [9.17, 15) is 18.0 Å². The second-order valence-corrected chi connectivity index (χ2v) is 8.37. The highest BCUT2D eigenvalue weighted by atomic mass is 35.5. The minimum Gasteiger partial charge on any atom is -0.366 e. The number of primary amides is 1. The first-order valence-corrected chi connectivity index (χ1v) is 10.3. The van der Waals surface area contributed by atoms with E-state index >= 15 is 0 Å². The van der Waals surface area contributed by atoms with Crippen LogP contribution < -0.4 is 11.1 Å². The van der Waals surface area contributed by atoms with Gasteiger partial charge >= 0.3 is 6.18 Å². The first-order valence-electron chi connectivity index (χ1n) is 10.3. The van der Waals surface area contributed by atoms with Crippen molar-refractivity contribution in [1.82, 2.24) is 10.2 Å². The first kappa shape index (κ1) is 26.5. The van der Waals surface area contributed by atoms with E-state index in [1.165, 1.54) is 12.1 Å². The second kappa shape index (κ2) is 10.4. The zero-order valence-corrected chi connectivity index (χ0v) is 19.3. The van der Waals surface area contributed by atoms with E-state index in [1.807, 2.05) is 0 Å². The molecule has 0 spiro atoms. The summed E-state index contributed by atoms with van der Waals surface area (Å²) in [6, 6.07) is 11.5. The molecule has 1 aliphatic heterocycles. The molecule has 2 unspecified atom stereocenters. The van der Waals surface area contributed by atoms with Crippen molar-refractivity contribution in [3.8, 4) is 11.1 Å². The Bertz CT molecular complexity index is 932. The molecule has 2 atom stereocenters. The van der Waals surface area contributed by atoms with Crippen LogP contribution in [-0.2, 0) is 6.18 Å². The van der Waals surface area contributed by atoms with E-state index in [0.29, 0.717) is 18.0 Å². The average Bonchev–Trinajstić information content (AvgIpc) is 3.47.